The van der Waals surface area contributed by atoms with Crippen LogP contribution in [0.1, 0.15) is 38.4 Å². The lowest BCUT2D eigenvalue weighted by Gasteiger charge is -2.09. The molecule has 10 heteroatoms. The number of nitrogens with zero attached hydrogens (tertiary/aromatic N) is 3. The van der Waals surface area contributed by atoms with Crippen LogP contribution in [0.5, 0.6) is 0 Å². The molecular formula is C15H26N4O4S2. The van der Waals surface area contributed by atoms with Gasteiger partial charge >= 0.3 is 0 Å². The lowest BCUT2D eigenvalue weighted by molar-refractivity contribution is -0.118. The Kier molecular flexibility index (Phi) is 7.26. The molecule has 0 saturated carbocycles. The summed E-state index contributed by atoms with van der Waals surface area (Å²) in [7, 11) is -1.15. The molecule has 1 saturated heterocycles. The molecule has 0 aromatic carbocycles. The highest BCUT2D eigenvalue weighted by Crippen LogP contribution is 2.29. The van der Waals surface area contributed by atoms with Gasteiger partial charge in [-0.15, -0.1) is 10.2 Å². The summed E-state index contributed by atoms with van der Waals surface area (Å²) in [4.78, 5) is 11.9. The molecule has 1 aromatic rings. The van der Waals surface area contributed by atoms with Crippen molar-refractivity contribution in [1.82, 2.24) is 20.1 Å². The van der Waals surface area contributed by atoms with Crippen molar-refractivity contribution >= 4 is 27.5 Å². The first kappa shape index (κ1) is 20.2. The first-order valence-corrected chi connectivity index (χ1v) is 11.2. The van der Waals surface area contributed by atoms with Gasteiger partial charge in [0, 0.05) is 26.1 Å². The van der Waals surface area contributed by atoms with Crippen LogP contribution >= 0.6 is 11.8 Å². The van der Waals surface area contributed by atoms with Gasteiger partial charge < -0.3 is 14.6 Å². The summed E-state index contributed by atoms with van der Waals surface area (Å²) in [6.45, 7) is 5.16. The van der Waals surface area contributed by atoms with E-state index in [-0.39, 0.29) is 35.2 Å². The first-order chi connectivity index (χ1) is 11.8. The maximum Gasteiger partial charge on any atom is 0.230 e. The third-order valence-electron chi connectivity index (χ3n) is 3.89. The van der Waals surface area contributed by atoms with Gasteiger partial charge in [0.2, 0.25) is 5.91 Å². The lowest BCUT2D eigenvalue weighted by atomic mass is 10.1. The quantitative estimate of drug-likeness (QED) is 0.490. The van der Waals surface area contributed by atoms with E-state index in [0.29, 0.717) is 30.6 Å². The Bertz CT molecular complexity index is 688. The number of carbonyl (C=O) groups excluding carboxylic acids is 1. The first-order valence-electron chi connectivity index (χ1n) is 8.39. The Balaban J connectivity index is 1.75. The van der Waals surface area contributed by atoms with Crippen LogP contribution < -0.4 is 5.32 Å². The number of aromatic nitrogens is 3. The van der Waals surface area contributed by atoms with E-state index in [9.17, 15) is 13.2 Å². The molecule has 0 radical (unpaired) electrons. The van der Waals surface area contributed by atoms with Gasteiger partial charge in [0.05, 0.1) is 23.4 Å². The molecule has 2 rings (SSSR count). The van der Waals surface area contributed by atoms with E-state index < -0.39 is 9.84 Å². The van der Waals surface area contributed by atoms with Crippen molar-refractivity contribution in [2.75, 3.05) is 30.4 Å². The second-order valence-electron chi connectivity index (χ2n) is 6.41. The maximum atomic E-state index is 11.9. The SMILES string of the molecule is CC(C)OCCCNC(=O)CSc1nnc([C@@H]2CCS(=O)(=O)C2)n1C. The molecule has 1 aliphatic heterocycles. The van der Waals surface area contributed by atoms with Gasteiger partial charge in [0.1, 0.15) is 5.82 Å². The molecule has 0 unspecified atom stereocenters. The van der Waals surface area contributed by atoms with Crippen molar-refractivity contribution in [3.05, 3.63) is 5.82 Å². The van der Waals surface area contributed by atoms with Crippen LogP contribution in [-0.2, 0) is 26.4 Å². The van der Waals surface area contributed by atoms with Crippen molar-refractivity contribution in [3.8, 4) is 0 Å². The number of sulfone groups is 1. The van der Waals surface area contributed by atoms with E-state index in [1.165, 1.54) is 11.8 Å². The fourth-order valence-electron chi connectivity index (χ4n) is 2.61. The summed E-state index contributed by atoms with van der Waals surface area (Å²) >= 11 is 1.30. The minimum atomic E-state index is -2.96. The summed E-state index contributed by atoms with van der Waals surface area (Å²) in [6.07, 6.45) is 1.56. The van der Waals surface area contributed by atoms with Crippen LogP contribution in [0.2, 0.25) is 0 Å². The van der Waals surface area contributed by atoms with Gasteiger partial charge in [-0.25, -0.2) is 8.42 Å². The van der Waals surface area contributed by atoms with Crippen LogP contribution in [0.25, 0.3) is 0 Å². The number of carbonyl (C=O) groups is 1. The van der Waals surface area contributed by atoms with Crippen molar-refractivity contribution < 1.29 is 17.9 Å². The third-order valence-corrected chi connectivity index (χ3v) is 6.68. The van der Waals surface area contributed by atoms with Crippen LogP contribution in [0.3, 0.4) is 0 Å². The summed E-state index contributed by atoms with van der Waals surface area (Å²) < 4.78 is 30.4. The molecule has 0 spiro atoms. The smallest absolute Gasteiger partial charge is 0.230 e. The Morgan fingerprint density at radius 2 is 2.20 bits per heavy atom. The zero-order valence-corrected chi connectivity index (χ0v) is 16.5. The molecule has 1 aromatic heterocycles. The molecule has 0 bridgehead atoms. The van der Waals surface area contributed by atoms with Crippen molar-refractivity contribution in [2.24, 2.45) is 7.05 Å². The fourth-order valence-corrected chi connectivity index (χ4v) is 5.09. The Labute approximate surface area is 153 Å². The zero-order chi connectivity index (χ0) is 18.4. The van der Waals surface area contributed by atoms with Gasteiger partial charge in [-0.2, -0.15) is 0 Å². The normalized spacial score (nSPS) is 19.4. The molecule has 1 atom stereocenters. The van der Waals surface area contributed by atoms with Gasteiger partial charge in [-0.05, 0) is 26.7 Å². The highest BCUT2D eigenvalue weighted by atomic mass is 32.2. The highest BCUT2D eigenvalue weighted by molar-refractivity contribution is 7.99. The molecule has 8 nitrogen and oxygen atoms in total. The lowest BCUT2D eigenvalue weighted by Crippen LogP contribution is -2.27. The standard InChI is InChI=1S/C15H26N4O4S2/c1-11(2)23-7-4-6-16-13(20)9-24-15-18-17-14(19(15)3)12-5-8-25(21,22)10-12/h11-12H,4-10H2,1-3H3,(H,16,20)/t12-/m1/s1. The number of amides is 1. The minimum Gasteiger partial charge on any atom is -0.379 e. The van der Waals surface area contributed by atoms with Gasteiger partial charge in [-0.3, -0.25) is 4.79 Å². The van der Waals surface area contributed by atoms with Gasteiger partial charge in [-0.1, -0.05) is 11.8 Å². The molecule has 2 heterocycles. The number of rotatable bonds is 9. The average Bonchev–Trinajstić information content (AvgIpc) is 3.07. The fraction of sp³-hybridized carbons (Fsp3) is 0.800. The molecule has 25 heavy (non-hydrogen) atoms. The number of hydrogen-bond donors (Lipinski definition) is 1. The van der Waals surface area contributed by atoms with Crippen molar-refractivity contribution in [1.29, 1.82) is 0 Å². The van der Waals surface area contributed by atoms with E-state index in [4.69, 9.17) is 4.74 Å². The molecule has 0 aliphatic carbocycles. The van der Waals surface area contributed by atoms with E-state index in [2.05, 4.69) is 15.5 Å². The van der Waals surface area contributed by atoms with Crippen molar-refractivity contribution in [3.63, 3.8) is 0 Å². The molecule has 1 amide bonds. The number of thioether (sulfide) groups is 1. The summed E-state index contributed by atoms with van der Waals surface area (Å²) in [6, 6.07) is 0. The number of ether oxygens (including phenoxy) is 1. The van der Waals surface area contributed by atoms with E-state index in [1.54, 1.807) is 4.57 Å². The van der Waals surface area contributed by atoms with E-state index in [1.807, 2.05) is 20.9 Å². The Hall–Kier alpha value is -1.13. The summed E-state index contributed by atoms with van der Waals surface area (Å²) in [5.74, 6) is 1.09. The molecule has 1 N–H and O–H groups in total. The summed E-state index contributed by atoms with van der Waals surface area (Å²) in [5.41, 5.74) is 0. The molecule has 1 fully saturated rings. The monoisotopic (exact) mass is 390 g/mol. The van der Waals surface area contributed by atoms with Crippen LogP contribution in [0, 0.1) is 0 Å². The largest absolute Gasteiger partial charge is 0.379 e. The minimum absolute atomic E-state index is 0.0671. The topological polar surface area (TPSA) is 103 Å². The van der Waals surface area contributed by atoms with Crippen LogP contribution in [0.15, 0.2) is 5.16 Å². The average molecular weight is 391 g/mol. The van der Waals surface area contributed by atoms with Crippen LogP contribution in [0.4, 0.5) is 0 Å². The summed E-state index contributed by atoms with van der Waals surface area (Å²) in [5, 5.41) is 11.7. The Morgan fingerprint density at radius 3 is 2.84 bits per heavy atom. The van der Waals surface area contributed by atoms with Gasteiger partial charge in [0.15, 0.2) is 15.0 Å². The third kappa shape index (κ3) is 6.27. The van der Waals surface area contributed by atoms with Crippen molar-refractivity contribution in [2.45, 2.75) is 43.9 Å². The molecule has 1 aliphatic rings. The molecular weight excluding hydrogens is 364 g/mol. The van der Waals surface area contributed by atoms with Gasteiger partial charge in [0.25, 0.3) is 0 Å². The highest BCUT2D eigenvalue weighted by Gasteiger charge is 2.32. The molecule has 142 valence electrons. The maximum absolute atomic E-state index is 11.9. The van der Waals surface area contributed by atoms with E-state index >= 15 is 0 Å². The second kappa shape index (κ2) is 9.00. The predicted molar refractivity (Wildman–Crippen MR) is 96.5 cm³/mol. The second-order valence-corrected chi connectivity index (χ2v) is 9.58. The zero-order valence-electron chi connectivity index (χ0n) is 14.9. The predicted octanol–water partition coefficient (Wildman–Crippen LogP) is 0.741. The van der Waals surface area contributed by atoms with Crippen LogP contribution in [-0.4, -0.2) is 65.6 Å². The number of nitrogens with one attached hydrogen (secondary N) is 1. The number of hydrogen-bond acceptors (Lipinski definition) is 7. The van der Waals surface area contributed by atoms with E-state index in [0.717, 1.165) is 6.42 Å². The Morgan fingerprint density at radius 1 is 1.44 bits per heavy atom.